The van der Waals surface area contributed by atoms with Gasteiger partial charge in [-0.25, -0.2) is 4.79 Å². The zero-order valence-electron chi connectivity index (χ0n) is 12.2. The highest BCUT2D eigenvalue weighted by Gasteiger charge is 2.11. The Labute approximate surface area is 132 Å². The van der Waals surface area contributed by atoms with Crippen LogP contribution < -0.4 is 5.76 Å². The van der Waals surface area contributed by atoms with Crippen LogP contribution in [0.15, 0.2) is 31.9 Å². The van der Waals surface area contributed by atoms with Crippen LogP contribution in [0.5, 0.6) is 0 Å². The van der Waals surface area contributed by atoms with Crippen molar-refractivity contribution >= 4 is 27.0 Å². The van der Waals surface area contributed by atoms with Crippen LogP contribution in [0, 0.1) is 0 Å². The van der Waals surface area contributed by atoms with Crippen molar-refractivity contribution in [3.8, 4) is 0 Å². The van der Waals surface area contributed by atoms with E-state index in [1.165, 1.54) is 32.4 Å². The van der Waals surface area contributed by atoms with E-state index in [0.717, 1.165) is 35.9 Å². The number of halogens is 1. The number of aromatic nitrogens is 1. The molecule has 1 aliphatic heterocycles. The number of nitrogens with zero attached hydrogens (tertiary/aromatic N) is 2. The number of likely N-dealkylation sites (tertiary alicyclic amines) is 1. The van der Waals surface area contributed by atoms with Gasteiger partial charge in [0, 0.05) is 11.0 Å². The number of hydrogen-bond acceptors (Lipinski definition) is 3. The Morgan fingerprint density at radius 2 is 1.86 bits per heavy atom. The Morgan fingerprint density at radius 3 is 2.67 bits per heavy atom. The van der Waals surface area contributed by atoms with Gasteiger partial charge in [0.2, 0.25) is 0 Å². The van der Waals surface area contributed by atoms with Crippen molar-refractivity contribution in [1.29, 1.82) is 0 Å². The molecule has 0 bridgehead atoms. The van der Waals surface area contributed by atoms with Gasteiger partial charge in [0.1, 0.15) is 0 Å². The van der Waals surface area contributed by atoms with E-state index >= 15 is 0 Å². The number of oxazole rings is 1. The maximum atomic E-state index is 11.9. The third-order valence-corrected chi connectivity index (χ3v) is 4.68. The zero-order chi connectivity index (χ0) is 14.7. The molecule has 1 aromatic carbocycles. The minimum Gasteiger partial charge on any atom is -0.408 e. The second-order valence-electron chi connectivity index (χ2n) is 5.74. The summed E-state index contributed by atoms with van der Waals surface area (Å²) in [4.78, 5) is 14.5. The van der Waals surface area contributed by atoms with Crippen molar-refractivity contribution in [2.45, 2.75) is 38.6 Å². The molecular formula is C16H21BrN2O2. The predicted octanol–water partition coefficient (Wildman–Crippen LogP) is 3.62. The summed E-state index contributed by atoms with van der Waals surface area (Å²) in [6.07, 6.45) is 6.20. The lowest BCUT2D eigenvalue weighted by Crippen LogP contribution is -2.30. The Morgan fingerprint density at radius 1 is 1.10 bits per heavy atom. The number of unbranched alkanes of at least 4 members (excludes halogenated alkanes) is 1. The van der Waals surface area contributed by atoms with E-state index in [2.05, 4.69) is 20.8 Å². The van der Waals surface area contributed by atoms with Gasteiger partial charge in [-0.15, -0.1) is 0 Å². The molecule has 4 nitrogen and oxygen atoms in total. The van der Waals surface area contributed by atoms with Gasteiger partial charge in [0.25, 0.3) is 0 Å². The molecule has 0 atom stereocenters. The predicted molar refractivity (Wildman–Crippen MR) is 87.7 cm³/mol. The number of aryl methyl sites for hydroxylation is 1. The van der Waals surface area contributed by atoms with Gasteiger partial charge in [-0.3, -0.25) is 4.57 Å². The van der Waals surface area contributed by atoms with E-state index in [0.29, 0.717) is 5.58 Å². The van der Waals surface area contributed by atoms with Crippen molar-refractivity contribution in [3.63, 3.8) is 0 Å². The topological polar surface area (TPSA) is 38.4 Å². The molecule has 3 rings (SSSR count). The summed E-state index contributed by atoms with van der Waals surface area (Å²) >= 11 is 3.40. The maximum absolute atomic E-state index is 11.9. The Hall–Kier alpha value is -1.07. The van der Waals surface area contributed by atoms with E-state index in [1.54, 1.807) is 4.57 Å². The summed E-state index contributed by atoms with van der Waals surface area (Å²) in [6.45, 7) is 4.36. The summed E-state index contributed by atoms with van der Waals surface area (Å²) in [5, 5.41) is 0. The second-order valence-corrected chi connectivity index (χ2v) is 6.66. The second kappa shape index (κ2) is 6.79. The fourth-order valence-corrected chi connectivity index (χ4v) is 3.38. The fourth-order valence-electron chi connectivity index (χ4n) is 3.04. The van der Waals surface area contributed by atoms with Crippen LogP contribution in [-0.4, -0.2) is 29.1 Å². The molecular weight excluding hydrogens is 332 g/mol. The average Bonchev–Trinajstić information content (AvgIpc) is 2.79. The number of piperidine rings is 1. The molecule has 1 aliphatic rings. The van der Waals surface area contributed by atoms with E-state index in [-0.39, 0.29) is 5.76 Å². The molecule has 1 saturated heterocycles. The number of hydrogen-bond donors (Lipinski definition) is 0. The van der Waals surface area contributed by atoms with Crippen LogP contribution in [0.1, 0.15) is 32.1 Å². The third kappa shape index (κ3) is 3.58. The monoisotopic (exact) mass is 352 g/mol. The highest BCUT2D eigenvalue weighted by Crippen LogP contribution is 2.19. The zero-order valence-corrected chi connectivity index (χ0v) is 13.8. The normalized spacial score (nSPS) is 16.6. The minimum atomic E-state index is -0.249. The van der Waals surface area contributed by atoms with Crippen LogP contribution >= 0.6 is 15.9 Å². The molecule has 21 heavy (non-hydrogen) atoms. The molecule has 5 heteroatoms. The molecule has 114 valence electrons. The van der Waals surface area contributed by atoms with Crippen LogP contribution in [0.2, 0.25) is 0 Å². The summed E-state index contributed by atoms with van der Waals surface area (Å²) in [7, 11) is 0. The Balaban J connectivity index is 1.57. The molecule has 0 spiro atoms. The van der Waals surface area contributed by atoms with Gasteiger partial charge in [-0.1, -0.05) is 22.4 Å². The van der Waals surface area contributed by atoms with Crippen molar-refractivity contribution < 1.29 is 4.42 Å². The standard InChI is InChI=1S/C16H21BrN2O2/c17-13-6-7-14-15(12-13)21-16(20)19(14)11-5-4-10-18-8-2-1-3-9-18/h6-7,12H,1-5,8-11H2. The fraction of sp³-hybridized carbons (Fsp3) is 0.562. The Kier molecular flexibility index (Phi) is 4.80. The molecule has 0 N–H and O–H groups in total. The summed E-state index contributed by atoms with van der Waals surface area (Å²) in [5.41, 5.74) is 1.55. The SMILES string of the molecule is O=c1oc2cc(Br)ccc2n1CCCCN1CCCCC1. The van der Waals surface area contributed by atoms with Gasteiger partial charge in [0.05, 0.1) is 5.52 Å². The lowest BCUT2D eigenvalue weighted by molar-refractivity contribution is 0.223. The van der Waals surface area contributed by atoms with Crippen LogP contribution in [0.25, 0.3) is 11.1 Å². The lowest BCUT2D eigenvalue weighted by atomic mass is 10.1. The maximum Gasteiger partial charge on any atom is 0.419 e. The number of fused-ring (bicyclic) bond motifs is 1. The molecule has 0 unspecified atom stereocenters. The molecule has 1 aromatic heterocycles. The third-order valence-electron chi connectivity index (χ3n) is 4.19. The highest BCUT2D eigenvalue weighted by molar-refractivity contribution is 9.10. The van der Waals surface area contributed by atoms with Crippen LogP contribution in [0.3, 0.4) is 0 Å². The van der Waals surface area contributed by atoms with E-state index < -0.39 is 0 Å². The van der Waals surface area contributed by atoms with E-state index in [1.807, 2.05) is 18.2 Å². The molecule has 0 amide bonds. The minimum absolute atomic E-state index is 0.249. The van der Waals surface area contributed by atoms with Crippen molar-refractivity contribution in [2.75, 3.05) is 19.6 Å². The van der Waals surface area contributed by atoms with Crippen molar-refractivity contribution in [1.82, 2.24) is 9.47 Å². The van der Waals surface area contributed by atoms with Gasteiger partial charge >= 0.3 is 5.76 Å². The van der Waals surface area contributed by atoms with Gasteiger partial charge in [0.15, 0.2) is 5.58 Å². The van der Waals surface area contributed by atoms with Crippen molar-refractivity contribution in [2.24, 2.45) is 0 Å². The summed E-state index contributed by atoms with van der Waals surface area (Å²) < 4.78 is 7.97. The first-order chi connectivity index (χ1) is 10.2. The highest BCUT2D eigenvalue weighted by atomic mass is 79.9. The molecule has 1 fully saturated rings. The first kappa shape index (κ1) is 14.9. The van der Waals surface area contributed by atoms with Gasteiger partial charge < -0.3 is 9.32 Å². The Bertz CT molecular complexity index is 656. The summed E-state index contributed by atoms with van der Waals surface area (Å²) in [5.74, 6) is -0.249. The quantitative estimate of drug-likeness (QED) is 0.771. The summed E-state index contributed by atoms with van der Waals surface area (Å²) in [6, 6.07) is 5.73. The number of rotatable bonds is 5. The molecule has 0 radical (unpaired) electrons. The average molecular weight is 353 g/mol. The van der Waals surface area contributed by atoms with E-state index in [4.69, 9.17) is 4.42 Å². The molecule has 0 saturated carbocycles. The molecule has 2 heterocycles. The first-order valence-electron chi connectivity index (χ1n) is 7.75. The molecule has 0 aliphatic carbocycles. The van der Waals surface area contributed by atoms with Crippen molar-refractivity contribution in [3.05, 3.63) is 33.2 Å². The lowest BCUT2D eigenvalue weighted by Gasteiger charge is -2.26. The smallest absolute Gasteiger partial charge is 0.408 e. The molecule has 2 aromatic rings. The largest absolute Gasteiger partial charge is 0.419 e. The first-order valence-corrected chi connectivity index (χ1v) is 8.54. The van der Waals surface area contributed by atoms with Gasteiger partial charge in [-0.2, -0.15) is 0 Å². The van der Waals surface area contributed by atoms with E-state index in [9.17, 15) is 4.79 Å². The number of benzene rings is 1. The van der Waals surface area contributed by atoms with Gasteiger partial charge in [-0.05, 0) is 63.5 Å². The van der Waals surface area contributed by atoms with Crippen LogP contribution in [-0.2, 0) is 6.54 Å². The van der Waals surface area contributed by atoms with Crippen LogP contribution in [0.4, 0.5) is 0 Å².